The van der Waals surface area contributed by atoms with Gasteiger partial charge in [0.2, 0.25) is 0 Å². The van der Waals surface area contributed by atoms with Gasteiger partial charge in [0.15, 0.2) is 0 Å². The lowest BCUT2D eigenvalue weighted by Gasteiger charge is -2.35. The number of rotatable bonds is 9. The van der Waals surface area contributed by atoms with Gasteiger partial charge in [0.25, 0.3) is 0 Å². The van der Waals surface area contributed by atoms with E-state index in [1.807, 2.05) is 0 Å². The molecule has 8 aromatic rings. The Morgan fingerprint density at radius 2 is 0.836 bits per heavy atom. The first-order valence-corrected chi connectivity index (χ1v) is 20.1. The van der Waals surface area contributed by atoms with Gasteiger partial charge in [-0.05, 0) is 128 Å². The fraction of sp³-hybridized carbons (Fsp3) is 0.148. The highest BCUT2D eigenvalue weighted by Crippen LogP contribution is 2.59. The van der Waals surface area contributed by atoms with E-state index in [1.54, 1.807) is 0 Å². The van der Waals surface area contributed by atoms with E-state index in [0.717, 1.165) is 37.1 Å². The van der Waals surface area contributed by atoms with Gasteiger partial charge >= 0.3 is 0 Å². The maximum absolute atomic E-state index is 2.53. The second-order valence-electron chi connectivity index (χ2n) is 15.5. The average Bonchev–Trinajstić information content (AvgIpc) is 3.67. The number of anilines is 3. The van der Waals surface area contributed by atoms with Crippen LogP contribution in [0.4, 0.5) is 17.1 Å². The molecule has 2 aliphatic carbocycles. The molecule has 0 fully saturated rings. The summed E-state index contributed by atoms with van der Waals surface area (Å²) in [6, 6.07) is 70.7. The number of hydrogen-bond donors (Lipinski definition) is 0. The van der Waals surface area contributed by atoms with E-state index in [1.165, 1.54) is 72.1 Å². The SMILES string of the molecule is CCCC1(CCC)c2ccccc2-c2ccc(N(c3ccccc3)c3ccc4c(c3)C(c3ccccc3)(c3ccccc3)c3cc5ccccc5cc3-4)cc21. The van der Waals surface area contributed by atoms with E-state index in [4.69, 9.17) is 0 Å². The molecule has 0 amide bonds. The van der Waals surface area contributed by atoms with Crippen molar-refractivity contribution in [2.24, 2.45) is 0 Å². The minimum absolute atomic E-state index is 0.00511. The highest BCUT2D eigenvalue weighted by Gasteiger charge is 2.47. The second-order valence-corrected chi connectivity index (χ2v) is 15.5. The van der Waals surface area contributed by atoms with Crippen molar-refractivity contribution in [2.75, 3.05) is 4.90 Å². The van der Waals surface area contributed by atoms with E-state index < -0.39 is 5.41 Å². The first-order valence-electron chi connectivity index (χ1n) is 20.1. The lowest BCUT2D eigenvalue weighted by atomic mass is 9.67. The van der Waals surface area contributed by atoms with Crippen LogP contribution in [0.1, 0.15) is 72.9 Å². The maximum Gasteiger partial charge on any atom is 0.0714 e. The van der Waals surface area contributed by atoms with Crippen LogP contribution in [0.2, 0.25) is 0 Å². The van der Waals surface area contributed by atoms with E-state index >= 15 is 0 Å². The smallest absolute Gasteiger partial charge is 0.0714 e. The van der Waals surface area contributed by atoms with Crippen molar-refractivity contribution < 1.29 is 0 Å². The molecule has 0 aliphatic heterocycles. The topological polar surface area (TPSA) is 3.24 Å². The third-order valence-corrected chi connectivity index (χ3v) is 12.5. The van der Waals surface area contributed by atoms with Crippen LogP contribution in [0.5, 0.6) is 0 Å². The van der Waals surface area contributed by atoms with Crippen molar-refractivity contribution in [3.05, 3.63) is 221 Å². The third-order valence-electron chi connectivity index (χ3n) is 12.5. The summed E-state index contributed by atoms with van der Waals surface area (Å²) in [4.78, 5) is 2.49. The molecule has 0 bridgehead atoms. The summed E-state index contributed by atoms with van der Waals surface area (Å²) in [5.74, 6) is 0. The molecular weight excluding hydrogens is 663 g/mol. The molecule has 8 aromatic carbocycles. The lowest BCUT2D eigenvalue weighted by molar-refractivity contribution is 0.436. The molecule has 0 atom stereocenters. The Bertz CT molecular complexity index is 2630. The summed E-state index contributed by atoms with van der Waals surface area (Å²) >= 11 is 0. The van der Waals surface area contributed by atoms with E-state index in [-0.39, 0.29) is 5.41 Å². The molecule has 0 radical (unpaired) electrons. The number of hydrogen-bond acceptors (Lipinski definition) is 1. The molecule has 55 heavy (non-hydrogen) atoms. The second kappa shape index (κ2) is 13.3. The Hall–Kier alpha value is -6.18. The summed E-state index contributed by atoms with van der Waals surface area (Å²) in [6.45, 7) is 4.69. The molecule has 2 aliphatic rings. The van der Waals surface area contributed by atoms with Crippen LogP contribution in [0.25, 0.3) is 33.0 Å². The first kappa shape index (κ1) is 33.4. The van der Waals surface area contributed by atoms with Crippen LogP contribution in [-0.2, 0) is 10.8 Å². The largest absolute Gasteiger partial charge is 0.310 e. The predicted octanol–water partition coefficient (Wildman–Crippen LogP) is 14.5. The zero-order chi connectivity index (χ0) is 37.0. The predicted molar refractivity (Wildman–Crippen MR) is 232 cm³/mol. The Morgan fingerprint density at radius 1 is 0.364 bits per heavy atom. The van der Waals surface area contributed by atoms with Crippen molar-refractivity contribution in [1.29, 1.82) is 0 Å². The normalized spacial score (nSPS) is 14.2. The van der Waals surface area contributed by atoms with E-state index in [9.17, 15) is 0 Å². The maximum atomic E-state index is 2.53. The summed E-state index contributed by atoms with van der Waals surface area (Å²) in [5, 5.41) is 2.53. The fourth-order valence-electron chi connectivity index (χ4n) is 10.4. The zero-order valence-electron chi connectivity index (χ0n) is 31.7. The molecular formula is C54H45N. The van der Waals surface area contributed by atoms with Crippen LogP contribution in [0, 0.1) is 0 Å². The number of fused-ring (bicyclic) bond motifs is 7. The number of nitrogens with zero attached hydrogens (tertiary/aromatic N) is 1. The van der Waals surface area contributed by atoms with Crippen LogP contribution in [0.3, 0.4) is 0 Å². The van der Waals surface area contributed by atoms with Gasteiger partial charge in [-0.25, -0.2) is 0 Å². The van der Waals surface area contributed by atoms with Gasteiger partial charge in [-0.15, -0.1) is 0 Å². The van der Waals surface area contributed by atoms with E-state index in [2.05, 4.69) is 207 Å². The first-order chi connectivity index (χ1) is 27.2. The summed E-state index contributed by atoms with van der Waals surface area (Å²) < 4.78 is 0. The molecule has 0 N–H and O–H groups in total. The summed E-state index contributed by atoms with van der Waals surface area (Å²) in [7, 11) is 0. The minimum atomic E-state index is -0.507. The van der Waals surface area contributed by atoms with Crippen LogP contribution >= 0.6 is 0 Å². The molecule has 0 unspecified atom stereocenters. The average molecular weight is 708 g/mol. The molecule has 1 nitrogen and oxygen atoms in total. The van der Waals surface area contributed by atoms with Gasteiger partial charge in [0, 0.05) is 22.5 Å². The van der Waals surface area contributed by atoms with Gasteiger partial charge in [-0.3, -0.25) is 0 Å². The molecule has 1 heteroatoms. The molecule has 10 rings (SSSR count). The molecule has 0 saturated heterocycles. The fourth-order valence-corrected chi connectivity index (χ4v) is 10.4. The Morgan fingerprint density at radius 3 is 1.45 bits per heavy atom. The Kier molecular flexibility index (Phi) is 8.07. The van der Waals surface area contributed by atoms with Crippen molar-refractivity contribution >= 4 is 27.8 Å². The lowest BCUT2D eigenvalue weighted by Crippen LogP contribution is -2.28. The highest BCUT2D eigenvalue weighted by atomic mass is 15.1. The summed E-state index contributed by atoms with van der Waals surface area (Å²) in [6.07, 6.45) is 4.56. The van der Waals surface area contributed by atoms with Crippen LogP contribution < -0.4 is 4.90 Å². The zero-order valence-corrected chi connectivity index (χ0v) is 31.7. The van der Waals surface area contributed by atoms with Crippen molar-refractivity contribution in [1.82, 2.24) is 0 Å². The number of benzene rings is 8. The highest BCUT2D eigenvalue weighted by molar-refractivity contribution is 5.97. The summed E-state index contributed by atoms with van der Waals surface area (Å²) in [5.41, 5.74) is 16.6. The van der Waals surface area contributed by atoms with Gasteiger partial charge in [-0.2, -0.15) is 0 Å². The third kappa shape index (κ3) is 4.99. The molecule has 0 saturated carbocycles. The monoisotopic (exact) mass is 707 g/mol. The minimum Gasteiger partial charge on any atom is -0.310 e. The standard InChI is InChI=1S/C54H45N/c1-3-32-53(33-4-2)49-27-17-16-26-45(49)46-30-28-43(36-50(46)53)55(42-24-12-7-13-25-42)44-29-31-47-48-34-38-18-14-15-19-39(38)35-51(48)54(52(47)37-44,40-20-8-5-9-21-40)41-22-10-6-11-23-41/h5-31,34-37H,3-4,32-33H2,1-2H3. The van der Waals surface area contributed by atoms with Gasteiger partial charge in [-0.1, -0.05) is 166 Å². The van der Waals surface area contributed by atoms with Crippen LogP contribution in [-0.4, -0.2) is 0 Å². The van der Waals surface area contributed by atoms with Gasteiger partial charge < -0.3 is 4.90 Å². The molecule has 0 spiro atoms. The van der Waals surface area contributed by atoms with Crippen molar-refractivity contribution in [2.45, 2.75) is 50.4 Å². The molecule has 0 aromatic heterocycles. The van der Waals surface area contributed by atoms with Crippen molar-refractivity contribution in [3.63, 3.8) is 0 Å². The Balaban J connectivity index is 1.24. The molecule has 0 heterocycles. The van der Waals surface area contributed by atoms with Crippen molar-refractivity contribution in [3.8, 4) is 22.3 Å². The van der Waals surface area contributed by atoms with Gasteiger partial charge in [0.1, 0.15) is 0 Å². The Labute approximate surface area is 325 Å². The molecule has 266 valence electrons. The number of para-hydroxylation sites is 1. The van der Waals surface area contributed by atoms with Gasteiger partial charge in [0.05, 0.1) is 5.41 Å². The van der Waals surface area contributed by atoms with Crippen LogP contribution in [0.15, 0.2) is 188 Å². The quantitative estimate of drug-likeness (QED) is 0.144. The van der Waals surface area contributed by atoms with E-state index in [0.29, 0.717) is 0 Å².